The number of hydrazine groups is 1. The van der Waals surface area contributed by atoms with Gasteiger partial charge in [-0.2, -0.15) is 8.42 Å². The van der Waals surface area contributed by atoms with Crippen LogP contribution < -0.4 is 10.3 Å². The van der Waals surface area contributed by atoms with Crippen molar-refractivity contribution in [3.05, 3.63) is 34.4 Å². The zero-order valence-corrected chi connectivity index (χ0v) is 12.4. The highest BCUT2D eigenvalue weighted by Gasteiger charge is 2.14. The number of anilines is 2. The Morgan fingerprint density at radius 3 is 2.71 bits per heavy atom. The van der Waals surface area contributed by atoms with E-state index in [4.69, 9.17) is 4.55 Å². The molecular weight excluding hydrogens is 302 g/mol. The van der Waals surface area contributed by atoms with Crippen LogP contribution in [0.25, 0.3) is 0 Å². The minimum Gasteiger partial charge on any atom is -0.380 e. The molecule has 9 nitrogen and oxygen atoms in total. The second-order valence-corrected chi connectivity index (χ2v) is 5.36. The van der Waals surface area contributed by atoms with Crippen molar-refractivity contribution in [2.45, 2.75) is 19.4 Å². The summed E-state index contributed by atoms with van der Waals surface area (Å²) in [5, 5.41) is 14.0. The Bertz CT molecular complexity index is 591. The summed E-state index contributed by atoms with van der Waals surface area (Å²) >= 11 is 0. The van der Waals surface area contributed by atoms with Crippen LogP contribution in [0, 0.1) is 10.1 Å². The van der Waals surface area contributed by atoms with Crippen molar-refractivity contribution in [3.8, 4) is 0 Å². The van der Waals surface area contributed by atoms with E-state index >= 15 is 0 Å². The van der Waals surface area contributed by atoms with Gasteiger partial charge in [0.25, 0.3) is 0 Å². The molecular formula is C11H17N3O6S. The molecule has 0 heterocycles. The third-order valence-electron chi connectivity index (χ3n) is 2.75. The number of nitro groups is 1. The van der Waals surface area contributed by atoms with Crippen molar-refractivity contribution in [3.63, 3.8) is 0 Å². The summed E-state index contributed by atoms with van der Waals surface area (Å²) in [5.41, 5.74) is 0.947. The third kappa shape index (κ3) is 5.94. The molecule has 21 heavy (non-hydrogen) atoms. The first-order valence-corrected chi connectivity index (χ1v) is 7.46. The smallest absolute Gasteiger partial charge is 0.380 e. The first-order chi connectivity index (χ1) is 9.73. The molecule has 0 aliphatic heterocycles. The van der Waals surface area contributed by atoms with Gasteiger partial charge in [0.2, 0.25) is 0 Å². The van der Waals surface area contributed by atoms with Crippen molar-refractivity contribution in [1.29, 1.82) is 0 Å². The molecule has 0 bridgehead atoms. The van der Waals surface area contributed by atoms with E-state index in [9.17, 15) is 18.5 Å². The highest BCUT2D eigenvalue weighted by Crippen LogP contribution is 2.19. The molecule has 0 aliphatic rings. The van der Waals surface area contributed by atoms with Crippen LogP contribution in [-0.4, -0.2) is 37.7 Å². The molecule has 0 saturated carbocycles. The van der Waals surface area contributed by atoms with Crippen LogP contribution in [0.4, 0.5) is 11.4 Å². The molecule has 1 rings (SSSR count). The van der Waals surface area contributed by atoms with E-state index in [1.165, 1.54) is 7.05 Å². The number of rotatable bonds is 8. The zero-order valence-electron chi connectivity index (χ0n) is 11.6. The zero-order chi connectivity index (χ0) is 16.0. The molecule has 0 fully saturated rings. The van der Waals surface area contributed by atoms with Gasteiger partial charge in [-0.1, -0.05) is 18.0 Å². The second kappa shape index (κ2) is 7.20. The van der Waals surface area contributed by atoms with Gasteiger partial charge in [0.1, 0.15) is 5.69 Å². The summed E-state index contributed by atoms with van der Waals surface area (Å²) in [4.78, 5) is 10.7. The summed E-state index contributed by atoms with van der Waals surface area (Å²) in [6.07, 6.45) is 0.533. The lowest BCUT2D eigenvalue weighted by Gasteiger charge is -2.18. The Labute approximate surface area is 122 Å². The van der Waals surface area contributed by atoms with Crippen LogP contribution in [0.1, 0.15) is 13.3 Å². The van der Waals surface area contributed by atoms with Gasteiger partial charge in [-0.05, 0) is 24.6 Å². The average Bonchev–Trinajstić information content (AvgIpc) is 2.41. The summed E-state index contributed by atoms with van der Waals surface area (Å²) in [7, 11) is -3.17. The van der Waals surface area contributed by atoms with E-state index in [0.717, 1.165) is 5.01 Å². The fourth-order valence-electron chi connectivity index (χ4n) is 1.56. The van der Waals surface area contributed by atoms with E-state index in [1.54, 1.807) is 31.2 Å². The maximum absolute atomic E-state index is 10.7. The SMILES string of the molecule is CCC(COS(=O)(=O)O)Nc1cccc(N(C)[N+](=O)[O-])c1. The van der Waals surface area contributed by atoms with Gasteiger partial charge in [0.15, 0.2) is 5.03 Å². The lowest BCUT2D eigenvalue weighted by Crippen LogP contribution is -2.27. The molecule has 10 heteroatoms. The molecule has 0 radical (unpaired) electrons. The maximum Gasteiger partial charge on any atom is 0.397 e. The van der Waals surface area contributed by atoms with Crippen molar-refractivity contribution >= 4 is 21.8 Å². The fraction of sp³-hybridized carbons (Fsp3) is 0.455. The fourth-order valence-corrected chi connectivity index (χ4v) is 1.89. The normalized spacial score (nSPS) is 12.7. The molecule has 1 aromatic carbocycles. The van der Waals surface area contributed by atoms with Crippen molar-refractivity contribution in [2.24, 2.45) is 0 Å². The highest BCUT2D eigenvalue weighted by atomic mass is 32.3. The predicted octanol–water partition coefficient (Wildman–Crippen LogP) is 1.32. The molecule has 1 unspecified atom stereocenters. The monoisotopic (exact) mass is 319 g/mol. The molecule has 118 valence electrons. The summed E-state index contributed by atoms with van der Waals surface area (Å²) < 4.78 is 34.0. The molecule has 0 saturated heterocycles. The molecule has 2 N–H and O–H groups in total. The Hall–Kier alpha value is -1.91. The van der Waals surface area contributed by atoms with Crippen LogP contribution in [-0.2, 0) is 14.6 Å². The second-order valence-electron chi connectivity index (χ2n) is 4.27. The molecule has 0 amide bonds. The van der Waals surface area contributed by atoms with Gasteiger partial charge < -0.3 is 5.32 Å². The first-order valence-electron chi connectivity index (χ1n) is 6.09. The average molecular weight is 319 g/mol. The van der Waals surface area contributed by atoms with Gasteiger partial charge in [-0.3, -0.25) is 4.55 Å². The number of nitrogens with zero attached hydrogens (tertiary/aromatic N) is 2. The Morgan fingerprint density at radius 2 is 2.19 bits per heavy atom. The lowest BCUT2D eigenvalue weighted by atomic mass is 10.2. The largest absolute Gasteiger partial charge is 0.397 e. The van der Waals surface area contributed by atoms with Crippen LogP contribution in [0.2, 0.25) is 0 Å². The molecule has 1 atom stereocenters. The third-order valence-corrected chi connectivity index (χ3v) is 3.18. The summed E-state index contributed by atoms with van der Waals surface area (Å²) in [6.45, 7) is 1.56. The molecule has 1 aromatic rings. The van der Waals surface area contributed by atoms with Crippen molar-refractivity contribution in [1.82, 2.24) is 0 Å². The number of nitrogens with one attached hydrogen (secondary N) is 1. The van der Waals surface area contributed by atoms with Crippen LogP contribution in [0.3, 0.4) is 0 Å². The Kier molecular flexibility index (Phi) is 5.88. The van der Waals surface area contributed by atoms with E-state index in [-0.39, 0.29) is 12.6 Å². The standard InChI is InChI=1S/C11H17N3O6S/c1-3-9(8-20-21(17,18)19)12-10-5-4-6-11(7-10)13(2)14(15)16/h4-7,9,12H,3,8H2,1-2H3,(H,17,18,19). The van der Waals surface area contributed by atoms with E-state index in [1.807, 2.05) is 0 Å². The topological polar surface area (TPSA) is 122 Å². The maximum atomic E-state index is 10.7. The van der Waals surface area contributed by atoms with Gasteiger partial charge in [0, 0.05) is 5.69 Å². The van der Waals surface area contributed by atoms with Gasteiger partial charge in [-0.15, -0.1) is 0 Å². The highest BCUT2D eigenvalue weighted by molar-refractivity contribution is 7.80. The summed E-state index contributed by atoms with van der Waals surface area (Å²) in [5.74, 6) is 0. The minimum absolute atomic E-state index is 0.245. The first kappa shape index (κ1) is 17.1. The number of benzene rings is 1. The molecule has 0 aromatic heterocycles. The van der Waals surface area contributed by atoms with Gasteiger partial charge in [-0.25, -0.2) is 14.3 Å². The number of hydrogen-bond donors (Lipinski definition) is 2. The van der Waals surface area contributed by atoms with E-state index < -0.39 is 15.4 Å². The predicted molar refractivity (Wildman–Crippen MR) is 77.0 cm³/mol. The molecule has 0 spiro atoms. The quantitative estimate of drug-likeness (QED) is 0.418. The lowest BCUT2D eigenvalue weighted by molar-refractivity contribution is -0.490. The van der Waals surface area contributed by atoms with Crippen LogP contribution in [0.15, 0.2) is 24.3 Å². The van der Waals surface area contributed by atoms with Gasteiger partial charge >= 0.3 is 10.4 Å². The Balaban J connectivity index is 2.76. The Morgan fingerprint density at radius 1 is 1.52 bits per heavy atom. The van der Waals surface area contributed by atoms with Crippen LogP contribution in [0.5, 0.6) is 0 Å². The van der Waals surface area contributed by atoms with Crippen LogP contribution >= 0.6 is 0 Å². The van der Waals surface area contributed by atoms with Gasteiger partial charge in [0.05, 0.1) is 19.7 Å². The van der Waals surface area contributed by atoms with Crippen molar-refractivity contribution in [2.75, 3.05) is 24.0 Å². The van der Waals surface area contributed by atoms with E-state index in [0.29, 0.717) is 17.8 Å². The van der Waals surface area contributed by atoms with E-state index in [2.05, 4.69) is 9.50 Å². The minimum atomic E-state index is -4.49. The summed E-state index contributed by atoms with van der Waals surface area (Å²) in [6, 6.07) is 6.08. The molecule has 0 aliphatic carbocycles. The van der Waals surface area contributed by atoms with Crippen molar-refractivity contribution < 1.29 is 22.2 Å². The number of hydrogen-bond acceptors (Lipinski definition) is 6.